The summed E-state index contributed by atoms with van der Waals surface area (Å²) in [5, 5.41) is 0. The van der Waals surface area contributed by atoms with Gasteiger partial charge in [0.25, 0.3) is 0 Å². The molecule has 1 aliphatic heterocycles. The van der Waals surface area contributed by atoms with Gasteiger partial charge in [-0.1, -0.05) is 91.0 Å². The maximum Gasteiger partial charge on any atom is 0.200 e. The molecule has 33 heavy (non-hydrogen) atoms. The van der Waals surface area contributed by atoms with Crippen molar-refractivity contribution in [1.29, 1.82) is 0 Å². The SMILES string of the molecule is CC1(C)OC2C(=O)C(I)=C(COC(c3ccccc3)(c3ccccc3)c3ccccc3)[C@H]2O1. The van der Waals surface area contributed by atoms with Gasteiger partial charge in [0.2, 0.25) is 5.78 Å². The second-order valence-corrected chi connectivity index (χ2v) is 9.83. The highest BCUT2D eigenvalue weighted by atomic mass is 127. The summed E-state index contributed by atoms with van der Waals surface area (Å²) in [5.41, 5.74) is 3.03. The third-order valence-corrected chi connectivity index (χ3v) is 7.41. The second kappa shape index (κ2) is 8.80. The van der Waals surface area contributed by atoms with Crippen LogP contribution in [0.3, 0.4) is 0 Å². The van der Waals surface area contributed by atoms with E-state index in [2.05, 4.69) is 59.0 Å². The van der Waals surface area contributed by atoms with Crippen LogP contribution in [0.1, 0.15) is 30.5 Å². The molecule has 3 aromatic rings. The molecule has 0 spiro atoms. The molecule has 168 valence electrons. The maximum absolute atomic E-state index is 12.9. The molecule has 1 unspecified atom stereocenters. The van der Waals surface area contributed by atoms with Crippen molar-refractivity contribution in [2.24, 2.45) is 0 Å². The lowest BCUT2D eigenvalue weighted by atomic mass is 9.80. The zero-order valence-electron chi connectivity index (χ0n) is 18.5. The number of ketones is 1. The second-order valence-electron chi connectivity index (χ2n) is 8.75. The number of carbonyl (C=O) groups excluding carboxylic acids is 1. The molecule has 3 aromatic carbocycles. The number of hydrogen-bond donors (Lipinski definition) is 0. The predicted molar refractivity (Wildman–Crippen MR) is 135 cm³/mol. The van der Waals surface area contributed by atoms with Gasteiger partial charge in [0, 0.05) is 5.57 Å². The molecule has 0 aromatic heterocycles. The fourth-order valence-corrected chi connectivity index (χ4v) is 5.49. The van der Waals surface area contributed by atoms with Crippen LogP contribution in [0.2, 0.25) is 0 Å². The van der Waals surface area contributed by atoms with Crippen molar-refractivity contribution in [1.82, 2.24) is 0 Å². The molecule has 1 fully saturated rings. The van der Waals surface area contributed by atoms with Crippen LogP contribution in [0.5, 0.6) is 0 Å². The van der Waals surface area contributed by atoms with Gasteiger partial charge < -0.3 is 14.2 Å². The number of carbonyl (C=O) groups is 1. The molecule has 5 rings (SSSR count). The minimum Gasteiger partial charge on any atom is -0.356 e. The van der Waals surface area contributed by atoms with E-state index >= 15 is 0 Å². The van der Waals surface area contributed by atoms with E-state index in [1.54, 1.807) is 0 Å². The smallest absolute Gasteiger partial charge is 0.200 e. The minimum absolute atomic E-state index is 0.0329. The summed E-state index contributed by atoms with van der Waals surface area (Å²) in [4.78, 5) is 12.9. The summed E-state index contributed by atoms with van der Waals surface area (Å²) < 4.78 is 19.6. The number of hydrogen-bond acceptors (Lipinski definition) is 4. The molecule has 4 nitrogen and oxygen atoms in total. The van der Waals surface area contributed by atoms with Crippen LogP contribution < -0.4 is 0 Å². The van der Waals surface area contributed by atoms with Crippen molar-refractivity contribution < 1.29 is 19.0 Å². The van der Waals surface area contributed by atoms with Crippen LogP contribution in [0.25, 0.3) is 0 Å². The van der Waals surface area contributed by atoms with Crippen LogP contribution in [0.4, 0.5) is 0 Å². The quantitative estimate of drug-likeness (QED) is 0.287. The Morgan fingerprint density at radius 3 is 1.67 bits per heavy atom. The monoisotopic (exact) mass is 552 g/mol. The summed E-state index contributed by atoms with van der Waals surface area (Å²) >= 11 is 2.11. The van der Waals surface area contributed by atoms with E-state index in [4.69, 9.17) is 14.2 Å². The van der Waals surface area contributed by atoms with Gasteiger partial charge in [-0.2, -0.15) is 0 Å². The fraction of sp³-hybridized carbons (Fsp3) is 0.250. The van der Waals surface area contributed by atoms with E-state index in [0.29, 0.717) is 3.58 Å². The summed E-state index contributed by atoms with van der Waals surface area (Å²) in [5.74, 6) is -0.835. The highest BCUT2D eigenvalue weighted by Crippen LogP contribution is 2.45. The summed E-state index contributed by atoms with van der Waals surface area (Å²) in [6.45, 7) is 3.92. The van der Waals surface area contributed by atoms with Crippen LogP contribution in [-0.2, 0) is 24.6 Å². The Labute approximate surface area is 207 Å². The normalized spacial score (nSPS) is 22.0. The summed E-state index contributed by atoms with van der Waals surface area (Å²) in [6, 6.07) is 30.6. The average molecular weight is 552 g/mol. The number of benzene rings is 3. The number of Topliss-reactive ketones (excluding diaryl/α,β-unsaturated/α-hetero) is 1. The third kappa shape index (κ3) is 3.97. The standard InChI is InChI=1S/C28H25IO4/c1-27(2)32-25-22(23(29)24(30)26(25)33-27)18-31-28(19-12-6-3-7-13-19,20-14-8-4-9-15-20)21-16-10-5-11-17-21/h3-17,25-26H,18H2,1-2H3/t25-,26?/m1/s1. The molecule has 0 radical (unpaired) electrons. The van der Waals surface area contributed by atoms with E-state index < -0.39 is 23.6 Å². The zero-order chi connectivity index (χ0) is 23.1. The molecule has 1 heterocycles. The van der Waals surface area contributed by atoms with Crippen molar-refractivity contribution in [2.45, 2.75) is 37.4 Å². The lowest BCUT2D eigenvalue weighted by Gasteiger charge is -2.36. The molecule has 5 heteroatoms. The summed E-state index contributed by atoms with van der Waals surface area (Å²) in [6.07, 6.45) is -1.04. The highest BCUT2D eigenvalue weighted by Gasteiger charge is 2.53. The maximum atomic E-state index is 12.9. The summed E-state index contributed by atoms with van der Waals surface area (Å²) in [7, 11) is 0. The largest absolute Gasteiger partial charge is 0.356 e. The van der Waals surface area contributed by atoms with Gasteiger partial charge in [0.1, 0.15) is 11.7 Å². The first kappa shape index (κ1) is 22.5. The van der Waals surface area contributed by atoms with Crippen molar-refractivity contribution in [3.8, 4) is 0 Å². The third-order valence-electron chi connectivity index (χ3n) is 6.18. The fourth-order valence-electron chi connectivity index (χ4n) is 4.72. The number of halogens is 1. The van der Waals surface area contributed by atoms with Gasteiger partial charge in [-0.05, 0) is 53.1 Å². The first-order valence-corrected chi connectivity index (χ1v) is 12.1. The molecule has 0 saturated carbocycles. The highest BCUT2D eigenvalue weighted by molar-refractivity contribution is 14.1. The van der Waals surface area contributed by atoms with E-state index in [1.165, 1.54) is 0 Å². The first-order valence-electron chi connectivity index (χ1n) is 11.0. The van der Waals surface area contributed by atoms with Gasteiger partial charge in [-0.15, -0.1) is 0 Å². The van der Waals surface area contributed by atoms with Crippen LogP contribution in [0.15, 0.2) is 100 Å². The molecular weight excluding hydrogens is 527 g/mol. The zero-order valence-corrected chi connectivity index (χ0v) is 20.7. The molecule has 2 aliphatic rings. The van der Waals surface area contributed by atoms with Gasteiger partial charge in [-0.25, -0.2) is 0 Å². The Kier molecular flexibility index (Phi) is 5.99. The number of fused-ring (bicyclic) bond motifs is 1. The topological polar surface area (TPSA) is 44.8 Å². The van der Waals surface area contributed by atoms with E-state index in [0.717, 1.165) is 22.3 Å². The van der Waals surface area contributed by atoms with Gasteiger partial charge >= 0.3 is 0 Å². The Balaban J connectivity index is 1.61. The molecule has 0 amide bonds. The molecular formula is C28H25IO4. The van der Waals surface area contributed by atoms with Crippen molar-refractivity contribution in [2.75, 3.05) is 6.61 Å². The van der Waals surface area contributed by atoms with E-state index in [9.17, 15) is 4.79 Å². The van der Waals surface area contributed by atoms with Crippen molar-refractivity contribution in [3.63, 3.8) is 0 Å². The molecule has 2 atom stereocenters. The van der Waals surface area contributed by atoms with Crippen LogP contribution in [0, 0.1) is 0 Å². The lowest BCUT2D eigenvalue weighted by Crippen LogP contribution is -2.35. The average Bonchev–Trinajstić information content (AvgIpc) is 3.27. The Bertz CT molecular complexity index is 1080. The first-order chi connectivity index (χ1) is 15.9. The van der Waals surface area contributed by atoms with Crippen LogP contribution >= 0.6 is 22.6 Å². The molecule has 1 saturated heterocycles. The Morgan fingerprint density at radius 1 is 0.788 bits per heavy atom. The Morgan fingerprint density at radius 2 is 1.21 bits per heavy atom. The van der Waals surface area contributed by atoms with Gasteiger partial charge in [-0.3, -0.25) is 4.79 Å². The molecule has 0 N–H and O–H groups in total. The predicted octanol–water partition coefficient (Wildman–Crippen LogP) is 5.79. The molecule has 0 bridgehead atoms. The molecule has 1 aliphatic carbocycles. The van der Waals surface area contributed by atoms with E-state index in [1.807, 2.05) is 68.4 Å². The van der Waals surface area contributed by atoms with Gasteiger partial charge in [0.05, 0.1) is 10.2 Å². The minimum atomic E-state index is -0.857. The van der Waals surface area contributed by atoms with Gasteiger partial charge in [0.15, 0.2) is 11.9 Å². The number of ether oxygens (including phenoxy) is 3. The van der Waals surface area contributed by atoms with Crippen molar-refractivity contribution in [3.05, 3.63) is 117 Å². The van der Waals surface area contributed by atoms with E-state index in [-0.39, 0.29) is 12.4 Å². The van der Waals surface area contributed by atoms with Crippen molar-refractivity contribution >= 4 is 28.4 Å². The Hall–Kier alpha value is -2.32. The van der Waals surface area contributed by atoms with Crippen LogP contribution in [-0.4, -0.2) is 30.4 Å². The lowest BCUT2D eigenvalue weighted by molar-refractivity contribution is -0.153. The number of rotatable bonds is 6.